The van der Waals surface area contributed by atoms with Gasteiger partial charge in [0.25, 0.3) is 5.69 Å². The third-order valence-corrected chi connectivity index (χ3v) is 4.19. The molecule has 1 N–H and O–H groups in total. The minimum absolute atomic E-state index is 0.0472. The molecule has 0 spiro atoms. The van der Waals surface area contributed by atoms with Crippen LogP contribution in [-0.4, -0.2) is 4.92 Å². The highest BCUT2D eigenvalue weighted by Crippen LogP contribution is 2.35. The highest BCUT2D eigenvalue weighted by atomic mass is 35.5. The lowest BCUT2D eigenvalue weighted by molar-refractivity contribution is -0.384. The first kappa shape index (κ1) is 13.9. The number of nitro groups is 1. The molecule has 2 aromatic rings. The van der Waals surface area contributed by atoms with Crippen LogP contribution in [0.3, 0.4) is 0 Å². The lowest BCUT2D eigenvalue weighted by Crippen LogP contribution is -2.17. The summed E-state index contributed by atoms with van der Waals surface area (Å²) in [6.45, 7) is 0. The summed E-state index contributed by atoms with van der Waals surface area (Å²) in [7, 11) is 0. The Kier molecular flexibility index (Phi) is 3.80. The molecule has 2 aromatic carbocycles. The Hall–Kier alpha value is -2.07. The molecule has 1 aliphatic rings. The largest absolute Gasteiger partial charge is 0.377 e. The fourth-order valence-corrected chi connectivity index (χ4v) is 3.00. The molecule has 1 aliphatic carbocycles. The second-order valence-corrected chi connectivity index (χ2v) is 5.62. The van der Waals surface area contributed by atoms with E-state index in [-0.39, 0.29) is 11.7 Å². The number of aryl methyl sites for hydroxylation is 1. The normalized spacial score (nSPS) is 17.1. The molecule has 21 heavy (non-hydrogen) atoms. The van der Waals surface area contributed by atoms with Gasteiger partial charge in [-0.2, -0.15) is 0 Å². The highest BCUT2D eigenvalue weighted by Gasteiger charge is 2.21. The van der Waals surface area contributed by atoms with E-state index in [1.165, 1.54) is 23.3 Å². The van der Waals surface area contributed by atoms with E-state index < -0.39 is 4.92 Å². The van der Waals surface area contributed by atoms with Crippen LogP contribution in [0.25, 0.3) is 0 Å². The summed E-state index contributed by atoms with van der Waals surface area (Å²) < 4.78 is 0. The summed E-state index contributed by atoms with van der Waals surface area (Å²) in [5.41, 5.74) is 3.26. The number of anilines is 1. The smallest absolute Gasteiger partial charge is 0.271 e. The summed E-state index contributed by atoms with van der Waals surface area (Å²) in [4.78, 5) is 10.5. The zero-order valence-electron chi connectivity index (χ0n) is 11.4. The molecule has 0 bridgehead atoms. The number of hydrogen-bond donors (Lipinski definition) is 1. The topological polar surface area (TPSA) is 55.2 Å². The van der Waals surface area contributed by atoms with Crippen molar-refractivity contribution >= 4 is 23.0 Å². The van der Waals surface area contributed by atoms with Gasteiger partial charge in [0, 0.05) is 12.1 Å². The van der Waals surface area contributed by atoms with Crippen LogP contribution >= 0.6 is 11.6 Å². The molecule has 108 valence electrons. The van der Waals surface area contributed by atoms with Gasteiger partial charge < -0.3 is 5.32 Å². The van der Waals surface area contributed by atoms with Crippen molar-refractivity contribution in [3.05, 3.63) is 68.7 Å². The molecule has 0 amide bonds. The lowest BCUT2D eigenvalue weighted by Gasteiger charge is -2.27. The van der Waals surface area contributed by atoms with Crippen LogP contribution in [0.1, 0.15) is 30.0 Å². The summed E-state index contributed by atoms with van der Waals surface area (Å²) in [6, 6.07) is 12.9. The van der Waals surface area contributed by atoms with Gasteiger partial charge in [-0.3, -0.25) is 10.1 Å². The van der Waals surface area contributed by atoms with Gasteiger partial charge >= 0.3 is 0 Å². The molecule has 0 aromatic heterocycles. The molecule has 1 atom stereocenters. The van der Waals surface area contributed by atoms with E-state index in [1.54, 1.807) is 6.07 Å². The third-order valence-electron chi connectivity index (χ3n) is 3.86. The monoisotopic (exact) mass is 302 g/mol. The van der Waals surface area contributed by atoms with Crippen LogP contribution in [0.4, 0.5) is 11.4 Å². The number of nitrogens with zero attached hydrogens (tertiary/aromatic N) is 1. The van der Waals surface area contributed by atoms with Crippen LogP contribution in [0.15, 0.2) is 42.5 Å². The van der Waals surface area contributed by atoms with Crippen LogP contribution in [0, 0.1) is 10.1 Å². The number of nitrogens with one attached hydrogen (secondary N) is 1. The SMILES string of the molecule is O=[N+]([O-])c1ccc(Cl)c(NC2CCCc3ccccc32)c1. The lowest BCUT2D eigenvalue weighted by atomic mass is 9.87. The molecular weight excluding hydrogens is 288 g/mol. The van der Waals surface area contributed by atoms with Crippen molar-refractivity contribution in [1.29, 1.82) is 0 Å². The van der Waals surface area contributed by atoms with Crippen molar-refractivity contribution < 1.29 is 4.92 Å². The zero-order chi connectivity index (χ0) is 14.8. The standard InChI is InChI=1S/C16H15ClN2O2/c17-14-9-8-12(19(20)21)10-16(14)18-15-7-3-5-11-4-1-2-6-13(11)15/h1-2,4,6,8-10,15,18H,3,5,7H2. The number of fused-ring (bicyclic) bond motifs is 1. The first-order valence-electron chi connectivity index (χ1n) is 6.93. The molecule has 5 heteroatoms. The minimum Gasteiger partial charge on any atom is -0.377 e. The predicted molar refractivity (Wildman–Crippen MR) is 83.9 cm³/mol. The molecule has 0 saturated heterocycles. The summed E-state index contributed by atoms with van der Waals surface area (Å²) in [5.74, 6) is 0. The Morgan fingerprint density at radius 1 is 1.24 bits per heavy atom. The van der Waals surface area contributed by atoms with E-state index >= 15 is 0 Å². The number of non-ortho nitro benzene ring substituents is 1. The maximum atomic E-state index is 10.9. The molecule has 4 nitrogen and oxygen atoms in total. The quantitative estimate of drug-likeness (QED) is 0.658. The van der Waals surface area contributed by atoms with Gasteiger partial charge in [-0.15, -0.1) is 0 Å². The summed E-state index contributed by atoms with van der Waals surface area (Å²) in [6.07, 6.45) is 3.17. The van der Waals surface area contributed by atoms with Gasteiger partial charge in [0.05, 0.1) is 21.7 Å². The minimum atomic E-state index is -0.406. The Balaban J connectivity index is 1.91. The van der Waals surface area contributed by atoms with Crippen molar-refractivity contribution in [2.45, 2.75) is 25.3 Å². The van der Waals surface area contributed by atoms with Gasteiger partial charge in [0.15, 0.2) is 0 Å². The number of nitro benzene ring substituents is 1. The Morgan fingerprint density at radius 2 is 2.05 bits per heavy atom. The van der Waals surface area contributed by atoms with E-state index in [4.69, 9.17) is 11.6 Å². The number of halogens is 1. The van der Waals surface area contributed by atoms with E-state index in [9.17, 15) is 10.1 Å². The van der Waals surface area contributed by atoms with Crippen molar-refractivity contribution in [3.8, 4) is 0 Å². The average molecular weight is 303 g/mol. The first-order chi connectivity index (χ1) is 10.1. The molecule has 0 fully saturated rings. The van der Waals surface area contributed by atoms with Gasteiger partial charge in [-0.05, 0) is 36.5 Å². The maximum Gasteiger partial charge on any atom is 0.271 e. The molecule has 0 radical (unpaired) electrons. The number of benzene rings is 2. The van der Waals surface area contributed by atoms with Gasteiger partial charge in [0.1, 0.15) is 0 Å². The van der Waals surface area contributed by atoms with Gasteiger partial charge in [0.2, 0.25) is 0 Å². The second-order valence-electron chi connectivity index (χ2n) is 5.21. The Morgan fingerprint density at radius 3 is 2.86 bits per heavy atom. The third kappa shape index (κ3) is 2.85. The number of hydrogen-bond acceptors (Lipinski definition) is 3. The maximum absolute atomic E-state index is 10.9. The highest BCUT2D eigenvalue weighted by molar-refractivity contribution is 6.33. The second kappa shape index (κ2) is 5.74. The van der Waals surface area contributed by atoms with Crippen molar-refractivity contribution in [1.82, 2.24) is 0 Å². The summed E-state index contributed by atoms with van der Waals surface area (Å²) in [5, 5.41) is 14.8. The van der Waals surface area contributed by atoms with Crippen LogP contribution in [-0.2, 0) is 6.42 Å². The van der Waals surface area contributed by atoms with Gasteiger partial charge in [-0.1, -0.05) is 35.9 Å². The van der Waals surface area contributed by atoms with Crippen LogP contribution < -0.4 is 5.32 Å². The van der Waals surface area contributed by atoms with Crippen molar-refractivity contribution in [2.24, 2.45) is 0 Å². The zero-order valence-corrected chi connectivity index (χ0v) is 12.1. The van der Waals surface area contributed by atoms with E-state index in [1.807, 2.05) is 12.1 Å². The molecule has 0 saturated carbocycles. The summed E-state index contributed by atoms with van der Waals surface area (Å²) >= 11 is 6.16. The van der Waals surface area contributed by atoms with E-state index in [0.717, 1.165) is 19.3 Å². The molecular formula is C16H15ClN2O2. The molecule has 3 rings (SSSR count). The van der Waals surface area contributed by atoms with Gasteiger partial charge in [-0.25, -0.2) is 0 Å². The molecule has 0 heterocycles. The number of rotatable bonds is 3. The van der Waals surface area contributed by atoms with Crippen molar-refractivity contribution in [2.75, 3.05) is 5.32 Å². The van der Waals surface area contributed by atoms with Crippen molar-refractivity contribution in [3.63, 3.8) is 0 Å². The average Bonchev–Trinajstić information content (AvgIpc) is 2.49. The predicted octanol–water partition coefficient (Wildman–Crippen LogP) is 4.74. The fourth-order valence-electron chi connectivity index (χ4n) is 2.83. The van der Waals surface area contributed by atoms with Crippen LogP contribution in [0.2, 0.25) is 5.02 Å². The van der Waals surface area contributed by atoms with E-state index in [2.05, 4.69) is 17.4 Å². The van der Waals surface area contributed by atoms with E-state index in [0.29, 0.717) is 10.7 Å². The fraction of sp³-hybridized carbons (Fsp3) is 0.250. The Labute approximate surface area is 127 Å². The van der Waals surface area contributed by atoms with Crippen LogP contribution in [0.5, 0.6) is 0 Å². The molecule has 0 aliphatic heterocycles. The molecule has 1 unspecified atom stereocenters. The Bertz CT molecular complexity index is 688. The first-order valence-corrected chi connectivity index (χ1v) is 7.31.